The fourth-order valence-corrected chi connectivity index (χ4v) is 3.16. The summed E-state index contributed by atoms with van der Waals surface area (Å²) in [6.45, 7) is 7.42. The maximum Gasteiger partial charge on any atom is 0.349 e. The van der Waals surface area contributed by atoms with Gasteiger partial charge in [-0.25, -0.2) is 4.79 Å². The van der Waals surface area contributed by atoms with Gasteiger partial charge in [-0.1, -0.05) is 43.6 Å². The van der Waals surface area contributed by atoms with Gasteiger partial charge in [0.2, 0.25) is 5.91 Å². The summed E-state index contributed by atoms with van der Waals surface area (Å²) in [6, 6.07) is 2.58. The fourth-order valence-electron chi connectivity index (χ4n) is 2.61. The maximum atomic E-state index is 12.2. The van der Waals surface area contributed by atoms with Gasteiger partial charge in [0.05, 0.1) is 22.2 Å². The molecule has 3 N–H and O–H groups in total. The highest BCUT2D eigenvalue weighted by molar-refractivity contribution is 6.37. The number of likely N-dealkylation sites (N-methyl/N-ethyl adjacent to an activating group) is 1. The van der Waals surface area contributed by atoms with Crippen molar-refractivity contribution in [1.82, 2.24) is 20.1 Å². The van der Waals surface area contributed by atoms with Crippen LogP contribution in [0.3, 0.4) is 0 Å². The van der Waals surface area contributed by atoms with E-state index in [0.29, 0.717) is 5.57 Å². The number of aromatic nitrogens is 3. The number of amides is 1. The molecule has 0 atom stereocenters. The molecule has 170 valence electrons. The summed E-state index contributed by atoms with van der Waals surface area (Å²) in [4.78, 5) is 48.8. The molecule has 32 heavy (non-hydrogen) atoms. The number of carboxylic acid groups (broad SMARTS) is 1. The molecule has 0 aliphatic heterocycles. The van der Waals surface area contributed by atoms with Gasteiger partial charge in [0.25, 0.3) is 5.56 Å². The Bertz CT molecular complexity index is 1210. The standard InChI is InChI=1S/C20H20Cl2N4O6/c1-9(2)12(18(29)23-4)5-10(3)32-17-13(21)6-11(7-14(17)22)26-20(31)24-19(30)15(25-26)8-16(27)28/h5-7,9H,3,8H2,1-2,4H3,(H,23,29)(H,27,28)(H,24,30,31)/b12-5-. The van der Waals surface area contributed by atoms with E-state index in [1.165, 1.54) is 25.3 Å². The van der Waals surface area contributed by atoms with Crippen LogP contribution in [0, 0.1) is 5.92 Å². The zero-order chi connectivity index (χ0) is 24.2. The number of nitrogens with one attached hydrogen (secondary N) is 2. The monoisotopic (exact) mass is 482 g/mol. The van der Waals surface area contributed by atoms with Crippen LogP contribution in [-0.4, -0.2) is 38.8 Å². The summed E-state index contributed by atoms with van der Waals surface area (Å²) in [6.07, 6.45) is 0.768. The molecule has 0 saturated heterocycles. The number of allylic oxidation sites excluding steroid dienone is 1. The van der Waals surface area contributed by atoms with Gasteiger partial charge in [-0.05, 0) is 24.1 Å². The van der Waals surface area contributed by atoms with Gasteiger partial charge in [0.1, 0.15) is 11.5 Å². The molecule has 0 bridgehead atoms. The van der Waals surface area contributed by atoms with Gasteiger partial charge in [-0.15, -0.1) is 0 Å². The largest absolute Gasteiger partial charge is 0.481 e. The quantitative estimate of drug-likeness (QED) is 0.296. The smallest absolute Gasteiger partial charge is 0.349 e. The number of rotatable bonds is 8. The van der Waals surface area contributed by atoms with E-state index in [9.17, 15) is 19.2 Å². The molecule has 0 fully saturated rings. The van der Waals surface area contributed by atoms with Crippen LogP contribution < -0.4 is 21.3 Å². The van der Waals surface area contributed by atoms with Crippen molar-refractivity contribution in [2.24, 2.45) is 5.92 Å². The zero-order valence-electron chi connectivity index (χ0n) is 17.4. The summed E-state index contributed by atoms with van der Waals surface area (Å²) < 4.78 is 6.37. The fraction of sp³-hybridized carbons (Fsp3) is 0.250. The summed E-state index contributed by atoms with van der Waals surface area (Å²) in [7, 11) is 1.50. The third-order valence-electron chi connectivity index (χ3n) is 4.10. The lowest BCUT2D eigenvalue weighted by Gasteiger charge is -2.14. The average molecular weight is 483 g/mol. The first kappa shape index (κ1) is 24.9. The molecular weight excluding hydrogens is 463 g/mol. The van der Waals surface area contributed by atoms with Gasteiger partial charge in [0, 0.05) is 12.6 Å². The number of benzene rings is 1. The topological polar surface area (TPSA) is 143 Å². The van der Waals surface area contributed by atoms with E-state index in [4.69, 9.17) is 33.0 Å². The molecular formula is C20H20Cl2N4O6. The lowest BCUT2D eigenvalue weighted by molar-refractivity contribution is -0.136. The summed E-state index contributed by atoms with van der Waals surface area (Å²) in [5.74, 6) is -1.59. The van der Waals surface area contributed by atoms with Gasteiger partial charge < -0.3 is 15.2 Å². The molecule has 12 heteroatoms. The first-order valence-corrected chi connectivity index (χ1v) is 9.94. The van der Waals surface area contributed by atoms with Crippen molar-refractivity contribution in [3.8, 4) is 11.4 Å². The Morgan fingerprint density at radius 3 is 2.41 bits per heavy atom. The normalized spacial score (nSPS) is 11.4. The van der Waals surface area contributed by atoms with Crippen molar-refractivity contribution in [1.29, 1.82) is 0 Å². The third-order valence-corrected chi connectivity index (χ3v) is 4.66. The molecule has 1 aromatic carbocycles. The second-order valence-corrected chi connectivity index (χ2v) is 7.64. The highest BCUT2D eigenvalue weighted by Crippen LogP contribution is 2.36. The van der Waals surface area contributed by atoms with Crippen molar-refractivity contribution in [2.75, 3.05) is 7.05 Å². The van der Waals surface area contributed by atoms with E-state index in [1.54, 1.807) is 0 Å². The number of carboxylic acids is 1. The molecule has 1 amide bonds. The number of hydrogen-bond donors (Lipinski definition) is 3. The summed E-state index contributed by atoms with van der Waals surface area (Å²) in [5, 5.41) is 15.2. The predicted molar refractivity (Wildman–Crippen MR) is 119 cm³/mol. The Balaban J connectivity index is 2.45. The van der Waals surface area contributed by atoms with Gasteiger partial charge in [-0.2, -0.15) is 9.78 Å². The van der Waals surface area contributed by atoms with Crippen molar-refractivity contribution in [2.45, 2.75) is 20.3 Å². The lowest BCUT2D eigenvalue weighted by Crippen LogP contribution is -2.34. The van der Waals surface area contributed by atoms with Crippen LogP contribution in [0.1, 0.15) is 19.5 Å². The molecule has 0 aliphatic rings. The number of aliphatic carboxylic acids is 1. The average Bonchev–Trinajstić information content (AvgIpc) is 2.69. The first-order valence-electron chi connectivity index (χ1n) is 9.18. The Labute approximate surface area is 192 Å². The maximum absolute atomic E-state index is 12.2. The van der Waals surface area contributed by atoms with E-state index < -0.39 is 23.6 Å². The van der Waals surface area contributed by atoms with Crippen LogP contribution >= 0.6 is 23.2 Å². The van der Waals surface area contributed by atoms with E-state index in [2.05, 4.69) is 17.0 Å². The molecule has 0 aliphatic carbocycles. The molecule has 0 spiro atoms. The number of carbonyl (C=O) groups is 2. The number of nitrogens with zero attached hydrogens (tertiary/aromatic N) is 2. The van der Waals surface area contributed by atoms with Gasteiger partial charge in [0.15, 0.2) is 5.75 Å². The highest BCUT2D eigenvalue weighted by Gasteiger charge is 2.17. The Hall–Kier alpha value is -3.37. The van der Waals surface area contributed by atoms with Gasteiger partial charge >= 0.3 is 11.7 Å². The van der Waals surface area contributed by atoms with E-state index in [1.807, 2.05) is 18.8 Å². The highest BCUT2D eigenvalue weighted by atomic mass is 35.5. The molecule has 10 nitrogen and oxygen atoms in total. The number of ether oxygens (including phenoxy) is 1. The second-order valence-electron chi connectivity index (χ2n) is 6.83. The van der Waals surface area contributed by atoms with E-state index in [-0.39, 0.29) is 44.8 Å². The van der Waals surface area contributed by atoms with Crippen molar-refractivity contribution >= 4 is 35.1 Å². The molecule has 2 aromatic rings. The number of halogens is 2. The molecule has 0 unspecified atom stereocenters. The van der Waals surface area contributed by atoms with Crippen LogP contribution in [-0.2, 0) is 16.0 Å². The van der Waals surface area contributed by atoms with Crippen LogP contribution in [0.15, 0.2) is 45.7 Å². The van der Waals surface area contributed by atoms with Crippen molar-refractivity contribution < 1.29 is 19.4 Å². The minimum Gasteiger partial charge on any atom is -0.481 e. The molecule has 0 radical (unpaired) electrons. The van der Waals surface area contributed by atoms with Crippen molar-refractivity contribution in [3.63, 3.8) is 0 Å². The van der Waals surface area contributed by atoms with Gasteiger partial charge in [-0.3, -0.25) is 19.4 Å². The number of carbonyl (C=O) groups excluding carboxylic acids is 1. The molecule has 0 saturated carbocycles. The lowest BCUT2D eigenvalue weighted by atomic mass is 10.0. The van der Waals surface area contributed by atoms with E-state index >= 15 is 0 Å². The third kappa shape index (κ3) is 5.86. The molecule has 2 rings (SSSR count). The Morgan fingerprint density at radius 2 is 1.91 bits per heavy atom. The van der Waals surface area contributed by atoms with Crippen molar-refractivity contribution in [3.05, 3.63) is 72.7 Å². The summed E-state index contributed by atoms with van der Waals surface area (Å²) in [5.41, 5.74) is -1.71. The van der Waals surface area contributed by atoms with Crippen LogP contribution in [0.4, 0.5) is 0 Å². The van der Waals surface area contributed by atoms with Crippen LogP contribution in [0.5, 0.6) is 5.75 Å². The Morgan fingerprint density at radius 1 is 1.31 bits per heavy atom. The SMILES string of the molecule is C=C(/C=C(\C(=O)NC)C(C)C)Oc1c(Cl)cc(-n2nc(CC(=O)O)c(=O)[nH]c2=O)cc1Cl. The van der Waals surface area contributed by atoms with Crippen LogP contribution in [0.2, 0.25) is 10.0 Å². The molecule has 1 heterocycles. The first-order chi connectivity index (χ1) is 14.9. The minimum absolute atomic E-state index is 0.0154. The number of aromatic amines is 1. The number of hydrogen-bond acceptors (Lipinski definition) is 6. The van der Waals surface area contributed by atoms with Crippen LogP contribution in [0.25, 0.3) is 5.69 Å². The second kappa shape index (κ2) is 10.3. The minimum atomic E-state index is -1.29. The Kier molecular flexibility index (Phi) is 8.01. The summed E-state index contributed by atoms with van der Waals surface area (Å²) >= 11 is 12.5. The predicted octanol–water partition coefficient (Wildman–Crippen LogP) is 2.08. The molecule has 1 aromatic heterocycles. The number of H-pyrrole nitrogens is 1. The zero-order valence-corrected chi connectivity index (χ0v) is 18.9. The van der Waals surface area contributed by atoms with E-state index in [0.717, 1.165) is 4.68 Å².